The Labute approximate surface area is 207 Å². The molecule has 0 bridgehead atoms. The molecule has 0 spiro atoms. The summed E-state index contributed by atoms with van der Waals surface area (Å²) in [5.74, 6) is 0.635. The Balaban J connectivity index is 1.50. The lowest BCUT2D eigenvalue weighted by atomic mass is 10.2. The van der Waals surface area contributed by atoms with Crippen LogP contribution in [0, 0.1) is 0 Å². The number of aliphatic imine (C=N–C) groups is 1. The summed E-state index contributed by atoms with van der Waals surface area (Å²) in [6, 6.07) is 12.2. The molecule has 0 aliphatic carbocycles. The molecule has 2 fully saturated rings. The van der Waals surface area contributed by atoms with Gasteiger partial charge in [0.1, 0.15) is 16.7 Å². The maximum absolute atomic E-state index is 13.3. The van der Waals surface area contributed by atoms with Gasteiger partial charge in [0.25, 0.3) is 0 Å². The van der Waals surface area contributed by atoms with Crippen LogP contribution >= 0.6 is 23.4 Å². The summed E-state index contributed by atoms with van der Waals surface area (Å²) >= 11 is 7.27. The Bertz CT molecular complexity index is 1070. The van der Waals surface area contributed by atoms with Gasteiger partial charge in [-0.1, -0.05) is 23.4 Å². The quantitative estimate of drug-likeness (QED) is 0.570. The van der Waals surface area contributed by atoms with Crippen molar-refractivity contribution in [2.45, 2.75) is 30.6 Å². The number of hydrogen-bond acceptors (Lipinski definition) is 7. The molecule has 2 atom stereocenters. The maximum atomic E-state index is 13.3. The number of carbonyl (C=O) groups excluding carboxylic acids is 2. The number of hydrogen-bond donors (Lipinski definition) is 1. The molecule has 0 unspecified atom stereocenters. The maximum Gasteiger partial charge on any atom is 0.242 e. The van der Waals surface area contributed by atoms with Gasteiger partial charge in [0, 0.05) is 24.1 Å². The minimum Gasteiger partial charge on any atom is -0.497 e. The van der Waals surface area contributed by atoms with Crippen molar-refractivity contribution in [2.75, 3.05) is 32.7 Å². The van der Waals surface area contributed by atoms with Crippen molar-refractivity contribution in [3.05, 3.63) is 47.5 Å². The van der Waals surface area contributed by atoms with E-state index in [1.807, 2.05) is 0 Å². The van der Waals surface area contributed by atoms with E-state index in [0.717, 1.165) is 12.8 Å². The molecule has 2 aliphatic heterocycles. The summed E-state index contributed by atoms with van der Waals surface area (Å²) in [6.07, 6.45) is 1.82. The zero-order valence-corrected chi connectivity index (χ0v) is 20.5. The molecule has 0 radical (unpaired) electrons. The first-order chi connectivity index (χ1) is 16.5. The number of nitrogens with zero attached hydrogens (tertiary/aromatic N) is 2. The van der Waals surface area contributed by atoms with E-state index < -0.39 is 5.25 Å². The minimum absolute atomic E-state index is 0.00841. The second-order valence-corrected chi connectivity index (χ2v) is 9.49. The van der Waals surface area contributed by atoms with Crippen LogP contribution in [0.4, 0.5) is 11.4 Å². The first kappa shape index (κ1) is 24.4. The molecule has 2 heterocycles. The van der Waals surface area contributed by atoms with Crippen molar-refractivity contribution < 1.29 is 23.8 Å². The largest absolute Gasteiger partial charge is 0.497 e. The second kappa shape index (κ2) is 11.1. The van der Waals surface area contributed by atoms with E-state index in [4.69, 9.17) is 25.8 Å². The van der Waals surface area contributed by atoms with Gasteiger partial charge in [-0.05, 0) is 49.2 Å². The zero-order chi connectivity index (χ0) is 24.1. The van der Waals surface area contributed by atoms with Crippen LogP contribution in [0.5, 0.6) is 11.5 Å². The van der Waals surface area contributed by atoms with Gasteiger partial charge < -0.3 is 19.5 Å². The molecule has 8 nitrogen and oxygen atoms in total. The van der Waals surface area contributed by atoms with Crippen LogP contribution in [0.3, 0.4) is 0 Å². The van der Waals surface area contributed by atoms with E-state index in [1.165, 1.54) is 18.9 Å². The standard InChI is InChI=1S/C24H26ClN3O5S/c1-31-17-9-10-20(32-2)19(12-17)27-22(29)13-21-23(30)28(14-18-4-3-11-33-18)24(34-21)26-16-7-5-15(25)6-8-16/h5-10,12,18,21H,3-4,11,13-14H2,1-2H3,(H,27,29)/t18-,21+/m1/s1. The van der Waals surface area contributed by atoms with Gasteiger partial charge in [0.05, 0.1) is 38.2 Å². The summed E-state index contributed by atoms with van der Waals surface area (Å²) in [7, 11) is 3.07. The summed E-state index contributed by atoms with van der Waals surface area (Å²) in [4.78, 5) is 32.5. The fourth-order valence-corrected chi connectivity index (χ4v) is 5.09. The number of ether oxygens (including phenoxy) is 3. The Hall–Kier alpha value is -2.75. The van der Waals surface area contributed by atoms with E-state index in [-0.39, 0.29) is 24.3 Å². The topological polar surface area (TPSA) is 89.5 Å². The van der Waals surface area contributed by atoms with E-state index in [2.05, 4.69) is 10.3 Å². The highest BCUT2D eigenvalue weighted by atomic mass is 35.5. The van der Waals surface area contributed by atoms with Gasteiger partial charge in [-0.3, -0.25) is 14.5 Å². The first-order valence-electron chi connectivity index (χ1n) is 10.9. The molecule has 10 heteroatoms. The average Bonchev–Trinajstić information content (AvgIpc) is 3.45. The van der Waals surface area contributed by atoms with Gasteiger partial charge in [-0.15, -0.1) is 0 Å². The summed E-state index contributed by atoms with van der Waals surface area (Å²) in [6.45, 7) is 1.11. The fraction of sp³-hybridized carbons (Fsp3) is 0.375. The Morgan fingerprint density at radius 1 is 1.24 bits per heavy atom. The number of methoxy groups -OCH3 is 2. The van der Waals surface area contributed by atoms with Gasteiger partial charge in [-0.25, -0.2) is 4.99 Å². The molecule has 2 aliphatic rings. The number of amidine groups is 1. The monoisotopic (exact) mass is 503 g/mol. The fourth-order valence-electron chi connectivity index (χ4n) is 3.79. The van der Waals surface area contributed by atoms with E-state index in [0.29, 0.717) is 46.2 Å². The number of benzene rings is 2. The molecule has 180 valence electrons. The highest BCUT2D eigenvalue weighted by Crippen LogP contribution is 2.34. The second-order valence-electron chi connectivity index (χ2n) is 7.88. The lowest BCUT2D eigenvalue weighted by molar-refractivity contribution is -0.129. The third kappa shape index (κ3) is 5.84. The smallest absolute Gasteiger partial charge is 0.242 e. The molecule has 34 heavy (non-hydrogen) atoms. The zero-order valence-electron chi connectivity index (χ0n) is 19.0. The van der Waals surface area contributed by atoms with E-state index in [9.17, 15) is 9.59 Å². The number of rotatable bonds is 8. The van der Waals surface area contributed by atoms with Crippen molar-refractivity contribution in [3.63, 3.8) is 0 Å². The first-order valence-corrected chi connectivity index (χ1v) is 12.2. The SMILES string of the molecule is COc1ccc(OC)c(NC(=O)C[C@@H]2SC(=Nc3ccc(Cl)cc3)N(C[C@H]3CCCO3)C2=O)c1. The number of nitrogens with one attached hydrogen (secondary N) is 1. The highest BCUT2D eigenvalue weighted by molar-refractivity contribution is 8.15. The third-order valence-electron chi connectivity index (χ3n) is 5.53. The molecule has 2 aromatic rings. The van der Waals surface area contributed by atoms with Gasteiger partial charge in [-0.2, -0.15) is 0 Å². The highest BCUT2D eigenvalue weighted by Gasteiger charge is 2.40. The van der Waals surface area contributed by atoms with E-state index >= 15 is 0 Å². The van der Waals surface area contributed by atoms with Crippen LogP contribution in [0.1, 0.15) is 19.3 Å². The molecule has 0 aromatic heterocycles. The Kier molecular flexibility index (Phi) is 7.97. The van der Waals surface area contributed by atoms with Crippen LogP contribution in [0.2, 0.25) is 5.02 Å². The average molecular weight is 504 g/mol. The Morgan fingerprint density at radius 2 is 2.03 bits per heavy atom. The number of thioether (sulfide) groups is 1. The van der Waals surface area contributed by atoms with Gasteiger partial charge in [0.2, 0.25) is 11.8 Å². The van der Waals surface area contributed by atoms with Crippen molar-refractivity contribution in [3.8, 4) is 11.5 Å². The van der Waals surface area contributed by atoms with Crippen molar-refractivity contribution in [1.29, 1.82) is 0 Å². The number of halogens is 1. The molecule has 2 aromatic carbocycles. The molecule has 2 amide bonds. The molecular formula is C24H26ClN3O5S. The predicted octanol–water partition coefficient (Wildman–Crippen LogP) is 4.50. The molecule has 4 rings (SSSR count). The molecule has 1 N–H and O–H groups in total. The van der Waals surface area contributed by atoms with Gasteiger partial charge in [0.15, 0.2) is 5.17 Å². The Morgan fingerprint density at radius 3 is 2.71 bits per heavy atom. The summed E-state index contributed by atoms with van der Waals surface area (Å²) in [5, 5.41) is 3.41. The number of anilines is 1. The summed E-state index contributed by atoms with van der Waals surface area (Å²) in [5.41, 5.74) is 1.16. The number of carbonyl (C=O) groups is 2. The van der Waals surface area contributed by atoms with Crippen molar-refractivity contribution in [2.24, 2.45) is 4.99 Å². The third-order valence-corrected chi connectivity index (χ3v) is 6.96. The van der Waals surface area contributed by atoms with Crippen LogP contribution in [0.25, 0.3) is 0 Å². The van der Waals surface area contributed by atoms with Crippen LogP contribution in [0.15, 0.2) is 47.5 Å². The minimum atomic E-state index is -0.593. The van der Waals surface area contributed by atoms with Gasteiger partial charge >= 0.3 is 0 Å². The molecular weight excluding hydrogens is 478 g/mol. The van der Waals surface area contributed by atoms with Crippen molar-refractivity contribution in [1.82, 2.24) is 4.90 Å². The molecule has 2 saturated heterocycles. The van der Waals surface area contributed by atoms with E-state index in [1.54, 1.807) is 54.5 Å². The predicted molar refractivity (Wildman–Crippen MR) is 133 cm³/mol. The lowest BCUT2D eigenvalue weighted by Gasteiger charge is -2.20. The van der Waals surface area contributed by atoms with Crippen LogP contribution in [-0.2, 0) is 14.3 Å². The summed E-state index contributed by atoms with van der Waals surface area (Å²) < 4.78 is 16.3. The van der Waals surface area contributed by atoms with Crippen LogP contribution in [-0.4, -0.2) is 60.6 Å². The molecule has 0 saturated carbocycles. The lowest BCUT2D eigenvalue weighted by Crippen LogP contribution is -2.38. The number of amides is 2. The normalized spacial score (nSPS) is 21.2. The van der Waals surface area contributed by atoms with Crippen LogP contribution < -0.4 is 14.8 Å². The van der Waals surface area contributed by atoms with Crippen molar-refractivity contribution >= 4 is 51.7 Å².